The van der Waals surface area contributed by atoms with Crippen LogP contribution in [0.4, 0.5) is 0 Å². The van der Waals surface area contributed by atoms with Gasteiger partial charge >= 0.3 is 17.1 Å². The Morgan fingerprint density at radius 2 is 1.09 bits per heavy atom. The van der Waals surface area contributed by atoms with Gasteiger partial charge in [-0.2, -0.15) is 0 Å². The van der Waals surface area contributed by atoms with E-state index in [2.05, 4.69) is 19.9 Å². The third kappa shape index (κ3) is 14.2. The zero-order valence-electron chi connectivity index (χ0n) is 25.4. The Kier molecular flexibility index (Phi) is 15.8. The molecular weight excluding hydrogens is 672 g/mol. The molecule has 4 N–H and O–H groups in total. The molecule has 0 atom stereocenters. The first-order valence-corrected chi connectivity index (χ1v) is 23.7. The number of aromatic nitrogens is 6. The topological polar surface area (TPSA) is 194 Å². The molecule has 43 heavy (non-hydrogen) atoms. The van der Waals surface area contributed by atoms with Crippen LogP contribution >= 0.6 is 23.2 Å². The zero-order valence-corrected chi connectivity index (χ0v) is 31.7. The number of hydrogen-bond acceptors (Lipinski definition) is 8. The van der Waals surface area contributed by atoms with Gasteiger partial charge < -0.3 is 22.3 Å². The summed E-state index contributed by atoms with van der Waals surface area (Å²) in [5.74, 6) is 0. The summed E-state index contributed by atoms with van der Waals surface area (Å²) in [4.78, 5) is 77.1. The summed E-state index contributed by atoms with van der Waals surface area (Å²) in [6.45, 7) is 12.9. The van der Waals surface area contributed by atoms with Crippen molar-refractivity contribution in [2.75, 3.05) is 11.0 Å². The second-order valence-electron chi connectivity index (χ2n) is 10.8. The summed E-state index contributed by atoms with van der Waals surface area (Å²) in [7, 11) is -5.36. The number of nitrogens with zero attached hydrogens (tertiary/aromatic N) is 2. The van der Waals surface area contributed by atoms with Crippen molar-refractivity contribution >= 4 is 59.4 Å². The maximum Gasteiger partial charge on any atom is 0.328 e. The van der Waals surface area contributed by atoms with Crippen LogP contribution in [0.15, 0.2) is 47.4 Å². The Balaban J connectivity index is 0.000000469. The van der Waals surface area contributed by atoms with Gasteiger partial charge in [0.15, 0.2) is 36.2 Å². The molecule has 0 aromatic carbocycles. The molecule has 0 aliphatic heterocycles. The van der Waals surface area contributed by atoms with Gasteiger partial charge in [0.2, 0.25) is 0 Å². The van der Waals surface area contributed by atoms with Crippen molar-refractivity contribution in [3.63, 3.8) is 0 Å². The number of nitrogens with one attached hydrogen (secondary N) is 4. The van der Waals surface area contributed by atoms with Crippen molar-refractivity contribution in [3.8, 4) is 0 Å². The number of hydrogen-bond donors (Lipinski definition) is 4. The molecule has 0 fully saturated rings. The van der Waals surface area contributed by atoms with Gasteiger partial charge in [-0.25, -0.2) is 14.4 Å². The summed E-state index contributed by atoms with van der Waals surface area (Å²) in [6.07, 6.45) is 5.24. The first-order chi connectivity index (χ1) is 19.9. The highest BCUT2D eigenvalue weighted by molar-refractivity contribution is 6.83. The fourth-order valence-electron chi connectivity index (χ4n) is 3.79. The fraction of sp³-hybridized carbons (Fsp3) is 0.478. The van der Waals surface area contributed by atoms with E-state index in [1.807, 2.05) is 26.2 Å². The van der Waals surface area contributed by atoms with E-state index in [1.54, 1.807) is 33.2 Å². The van der Waals surface area contributed by atoms with E-state index in [0.29, 0.717) is 29.0 Å². The Morgan fingerprint density at radius 3 is 1.44 bits per heavy atom. The average molecular weight is 712 g/mol. The molecule has 3 aromatic heterocycles. The molecule has 20 heteroatoms. The predicted octanol–water partition coefficient (Wildman–Crippen LogP) is -0.856. The number of aryl methyl sites for hydroxylation is 3. The molecule has 0 saturated heterocycles. The van der Waals surface area contributed by atoms with Gasteiger partial charge in [0.05, 0.1) is 0 Å². The molecule has 3 heterocycles. The fourth-order valence-corrected chi connectivity index (χ4v) is 16.1. The van der Waals surface area contributed by atoms with Crippen LogP contribution in [0, 0.1) is 20.8 Å². The average Bonchev–Trinajstić information content (AvgIpc) is 2.88. The number of H-pyrrole nitrogens is 4. The first kappa shape index (κ1) is 38.4. The van der Waals surface area contributed by atoms with E-state index in [1.165, 1.54) is 15.3 Å². The number of aromatic amines is 4. The molecule has 0 aliphatic rings. The predicted molar refractivity (Wildman–Crippen MR) is 180 cm³/mol. The van der Waals surface area contributed by atoms with E-state index in [-0.39, 0.29) is 36.2 Å². The summed E-state index contributed by atoms with van der Waals surface area (Å²) in [5.41, 5.74) is 0.395. The van der Waals surface area contributed by atoms with Gasteiger partial charge in [0.1, 0.15) is 0 Å². The third-order valence-electron chi connectivity index (χ3n) is 5.48. The van der Waals surface area contributed by atoms with Gasteiger partial charge in [-0.1, -0.05) is 0 Å². The highest BCUT2D eigenvalue weighted by atomic mass is 35.5. The van der Waals surface area contributed by atoms with Crippen molar-refractivity contribution in [2.45, 2.75) is 59.3 Å². The molecule has 14 nitrogen and oxygen atoms in total. The molecule has 240 valence electrons. The minimum absolute atomic E-state index is 0.334. The molecule has 0 unspecified atom stereocenters. The lowest BCUT2D eigenvalue weighted by Crippen LogP contribution is -2.52. The van der Waals surface area contributed by atoms with Crippen molar-refractivity contribution in [2.24, 2.45) is 0 Å². The van der Waals surface area contributed by atoms with Crippen LogP contribution in [0.1, 0.15) is 16.7 Å². The lowest BCUT2D eigenvalue weighted by Gasteiger charge is -2.34. The minimum Gasteiger partial charge on any atom is -0.463 e. The van der Waals surface area contributed by atoms with E-state index >= 15 is 0 Å². The second-order valence-corrected chi connectivity index (χ2v) is 24.7. The summed E-state index contributed by atoms with van der Waals surface area (Å²) < 4.78 is 14.6. The van der Waals surface area contributed by atoms with Crippen molar-refractivity contribution < 1.29 is 8.23 Å². The Labute approximate surface area is 264 Å². The van der Waals surface area contributed by atoms with Crippen LogP contribution in [-0.2, 0) is 20.6 Å². The summed E-state index contributed by atoms with van der Waals surface area (Å²) >= 11 is 10.7. The lowest BCUT2D eigenvalue weighted by molar-refractivity contribution is 0.500. The van der Waals surface area contributed by atoms with Crippen molar-refractivity contribution in [1.82, 2.24) is 29.1 Å². The minimum atomic E-state index is -2.33. The largest absolute Gasteiger partial charge is 0.463 e. The van der Waals surface area contributed by atoms with E-state index in [9.17, 15) is 28.8 Å². The van der Waals surface area contributed by atoms with Crippen molar-refractivity contribution in [1.29, 1.82) is 0 Å². The van der Waals surface area contributed by atoms with E-state index in [0.717, 1.165) is 11.0 Å². The third-order valence-corrected chi connectivity index (χ3v) is 15.6. The van der Waals surface area contributed by atoms with Gasteiger partial charge in [-0.05, 0) is 47.0 Å². The smallest absolute Gasteiger partial charge is 0.328 e. The molecule has 0 saturated carbocycles. The summed E-state index contributed by atoms with van der Waals surface area (Å²) in [6, 6.07) is 0. The lowest BCUT2D eigenvalue weighted by atomic mass is 10.4. The highest BCUT2D eigenvalue weighted by Gasteiger charge is 2.34. The van der Waals surface area contributed by atoms with Crippen molar-refractivity contribution in [3.05, 3.63) is 97.8 Å². The molecule has 0 radical (unpaired) electrons. The number of rotatable bonds is 10. The molecule has 0 aliphatic carbocycles. The monoisotopic (exact) mass is 710 g/mol. The van der Waals surface area contributed by atoms with Crippen LogP contribution in [0.5, 0.6) is 0 Å². The number of alkyl halides is 2. The second kappa shape index (κ2) is 17.6. The highest BCUT2D eigenvalue weighted by Crippen LogP contribution is 2.17. The number of halogens is 2. The van der Waals surface area contributed by atoms with Gasteiger partial charge in [0, 0.05) is 58.6 Å². The quantitative estimate of drug-likeness (QED) is 0.119. The van der Waals surface area contributed by atoms with Gasteiger partial charge in [-0.3, -0.25) is 29.3 Å². The van der Waals surface area contributed by atoms with Crippen LogP contribution in [0.3, 0.4) is 0 Å². The maximum absolute atomic E-state index is 12.0. The molecule has 0 bridgehead atoms. The van der Waals surface area contributed by atoms with Crippen LogP contribution < -0.4 is 33.7 Å². The molecule has 3 rings (SSSR count). The zero-order chi connectivity index (χ0) is 33.0. The van der Waals surface area contributed by atoms with Crippen LogP contribution in [0.25, 0.3) is 0 Å². The SMILES string of the molecule is Cc1c[nH]c(=O)[nH]c1=O.Cc1cn(C[Si](C)(C)O[Si](C)(C)Cn2cc(C)c(=O)[nH]c2=O)c(=O)[nH]c1=O.ClC[SiH2]O[SiH2]CCl. The van der Waals surface area contributed by atoms with Crippen LogP contribution in [-0.4, -0.2) is 76.2 Å². The molecule has 3 aromatic rings. The van der Waals surface area contributed by atoms with E-state index < -0.39 is 33.7 Å². The first-order valence-electron chi connectivity index (χ1n) is 13.2. The van der Waals surface area contributed by atoms with Gasteiger partial charge in [0.25, 0.3) is 16.7 Å². The molecule has 0 amide bonds. The molecular formula is C23H40Cl2N6O8Si4. The normalized spacial score (nSPS) is 11.8. The standard InChI is InChI=1S/C16H26N4O5Si2.C5H6N2O2.C2H8Cl2OSi2/c1-11-7-19(15(23)17-13(11)21)9-26(3,4)25-27(5,6)10-20-8-12(2)14(22)18-16(20)24;1-3-2-6-5(9)7-4(3)8;3-1-6-5-7-2-4/h7-8H,9-10H2,1-6H3,(H,17,21,23)(H,18,22,24);2H,1H3,(H2,6,7,8,9);1-2,6-7H2. The Morgan fingerprint density at radius 1 is 0.698 bits per heavy atom. The molecule has 0 spiro atoms. The Hall–Kier alpha value is -2.59. The summed E-state index contributed by atoms with van der Waals surface area (Å²) in [5, 5.41) is 0. The van der Waals surface area contributed by atoms with E-state index in [4.69, 9.17) is 31.4 Å². The maximum atomic E-state index is 12.0. The van der Waals surface area contributed by atoms with Crippen LogP contribution in [0.2, 0.25) is 26.2 Å². The van der Waals surface area contributed by atoms with Gasteiger partial charge in [-0.15, -0.1) is 23.2 Å². The Bertz CT molecular complexity index is 1610.